The van der Waals surface area contributed by atoms with Crippen LogP contribution in [0.4, 0.5) is 0 Å². The van der Waals surface area contributed by atoms with Gasteiger partial charge in [-0.1, -0.05) is 25.1 Å². The minimum Gasteiger partial charge on any atom is -0.493 e. The molecule has 1 aromatic rings. The average molecular weight is 332 g/mol. The van der Waals surface area contributed by atoms with Gasteiger partial charge in [0.25, 0.3) is 0 Å². The maximum Gasteiger partial charge on any atom is 0.222 e. The van der Waals surface area contributed by atoms with Crippen LogP contribution in [0.25, 0.3) is 0 Å². The van der Waals surface area contributed by atoms with E-state index in [1.807, 2.05) is 43.0 Å². The Bertz CT molecular complexity index is 551. The third-order valence-electron chi connectivity index (χ3n) is 4.42. The monoisotopic (exact) mass is 332 g/mol. The molecule has 1 aliphatic heterocycles. The Morgan fingerprint density at radius 2 is 1.96 bits per heavy atom. The van der Waals surface area contributed by atoms with Gasteiger partial charge in [0, 0.05) is 32.0 Å². The van der Waals surface area contributed by atoms with E-state index >= 15 is 0 Å². The van der Waals surface area contributed by atoms with Gasteiger partial charge in [0.05, 0.1) is 6.61 Å². The minimum absolute atomic E-state index is 0.0909. The predicted molar refractivity (Wildman–Crippen MR) is 93.9 cm³/mol. The van der Waals surface area contributed by atoms with Crippen molar-refractivity contribution >= 4 is 11.8 Å². The van der Waals surface area contributed by atoms with Crippen molar-refractivity contribution in [3.05, 3.63) is 29.8 Å². The topological polar surface area (TPSA) is 58.6 Å². The highest BCUT2D eigenvalue weighted by molar-refractivity contribution is 5.77. The Balaban J connectivity index is 1.63. The molecule has 132 valence electrons. The minimum atomic E-state index is 0.0909. The molecule has 0 saturated carbocycles. The maximum atomic E-state index is 12.2. The molecule has 0 radical (unpaired) electrons. The Labute approximate surface area is 144 Å². The number of para-hydroxylation sites is 1. The van der Waals surface area contributed by atoms with Crippen molar-refractivity contribution in [1.82, 2.24) is 10.2 Å². The third kappa shape index (κ3) is 5.55. The van der Waals surface area contributed by atoms with Crippen molar-refractivity contribution < 1.29 is 14.3 Å². The largest absolute Gasteiger partial charge is 0.493 e. The lowest BCUT2D eigenvalue weighted by molar-refractivity contribution is -0.132. The molecule has 5 nitrogen and oxygen atoms in total. The molecule has 2 rings (SSSR count). The van der Waals surface area contributed by atoms with Gasteiger partial charge in [0.2, 0.25) is 11.8 Å². The SMILES string of the molecule is CCC(=O)NC1CCN(C(=O)CCCOc2ccccc2C)CC1. The van der Waals surface area contributed by atoms with Crippen LogP contribution in [0.5, 0.6) is 5.75 Å². The van der Waals surface area contributed by atoms with Crippen LogP contribution in [-0.4, -0.2) is 42.5 Å². The fraction of sp³-hybridized carbons (Fsp3) is 0.579. The molecule has 0 aromatic heterocycles. The molecule has 2 amide bonds. The molecule has 24 heavy (non-hydrogen) atoms. The zero-order chi connectivity index (χ0) is 17.4. The van der Waals surface area contributed by atoms with E-state index in [1.54, 1.807) is 0 Å². The summed E-state index contributed by atoms with van der Waals surface area (Å²) in [7, 11) is 0. The van der Waals surface area contributed by atoms with Crippen molar-refractivity contribution in [2.45, 2.75) is 52.0 Å². The Morgan fingerprint density at radius 1 is 1.25 bits per heavy atom. The molecular formula is C19H28N2O3. The number of hydrogen-bond acceptors (Lipinski definition) is 3. The lowest BCUT2D eigenvalue weighted by Gasteiger charge is -2.32. The summed E-state index contributed by atoms with van der Waals surface area (Å²) in [6, 6.07) is 8.12. The second kappa shape index (κ2) is 9.30. The van der Waals surface area contributed by atoms with Crippen molar-refractivity contribution in [3.63, 3.8) is 0 Å². The lowest BCUT2D eigenvalue weighted by atomic mass is 10.0. The second-order valence-corrected chi connectivity index (χ2v) is 6.29. The predicted octanol–water partition coefficient (Wildman–Crippen LogP) is 2.67. The van der Waals surface area contributed by atoms with E-state index in [-0.39, 0.29) is 17.9 Å². The van der Waals surface area contributed by atoms with Crippen LogP contribution in [0.1, 0.15) is 44.6 Å². The van der Waals surface area contributed by atoms with Crippen LogP contribution < -0.4 is 10.1 Å². The summed E-state index contributed by atoms with van der Waals surface area (Å²) in [5.74, 6) is 1.16. The Kier molecular flexibility index (Phi) is 7.09. The molecule has 1 heterocycles. The summed E-state index contributed by atoms with van der Waals surface area (Å²) in [5, 5.41) is 3.01. The van der Waals surface area contributed by atoms with E-state index in [0.29, 0.717) is 19.4 Å². The molecular weight excluding hydrogens is 304 g/mol. The number of nitrogens with one attached hydrogen (secondary N) is 1. The number of carbonyl (C=O) groups excluding carboxylic acids is 2. The summed E-state index contributed by atoms with van der Waals surface area (Å²) in [6.45, 7) is 5.88. The van der Waals surface area contributed by atoms with Gasteiger partial charge < -0.3 is 15.0 Å². The first-order chi connectivity index (χ1) is 11.6. The molecule has 1 N–H and O–H groups in total. The number of likely N-dealkylation sites (tertiary alicyclic amines) is 1. The highest BCUT2D eigenvalue weighted by atomic mass is 16.5. The van der Waals surface area contributed by atoms with Crippen LogP contribution >= 0.6 is 0 Å². The van der Waals surface area contributed by atoms with Gasteiger partial charge in [0.15, 0.2) is 0 Å². The van der Waals surface area contributed by atoms with Crippen LogP contribution in [0, 0.1) is 6.92 Å². The van der Waals surface area contributed by atoms with E-state index in [1.165, 1.54) is 0 Å². The Morgan fingerprint density at radius 3 is 2.62 bits per heavy atom. The van der Waals surface area contributed by atoms with Crippen molar-refractivity contribution in [2.75, 3.05) is 19.7 Å². The normalized spacial score (nSPS) is 15.2. The first-order valence-corrected chi connectivity index (χ1v) is 8.85. The third-order valence-corrected chi connectivity index (χ3v) is 4.42. The zero-order valence-electron chi connectivity index (χ0n) is 14.7. The molecule has 0 unspecified atom stereocenters. The van der Waals surface area contributed by atoms with E-state index in [9.17, 15) is 9.59 Å². The van der Waals surface area contributed by atoms with E-state index < -0.39 is 0 Å². The van der Waals surface area contributed by atoms with E-state index in [0.717, 1.165) is 43.7 Å². The van der Waals surface area contributed by atoms with Crippen LogP contribution in [0.3, 0.4) is 0 Å². The van der Waals surface area contributed by atoms with Crippen LogP contribution in [0.2, 0.25) is 0 Å². The number of amides is 2. The van der Waals surface area contributed by atoms with Gasteiger partial charge in [-0.15, -0.1) is 0 Å². The number of nitrogens with zero attached hydrogens (tertiary/aromatic N) is 1. The molecule has 5 heteroatoms. The molecule has 1 fully saturated rings. The lowest BCUT2D eigenvalue weighted by Crippen LogP contribution is -2.46. The molecule has 0 aliphatic carbocycles. The van der Waals surface area contributed by atoms with Gasteiger partial charge in [-0.05, 0) is 37.8 Å². The first kappa shape index (κ1) is 18.3. The van der Waals surface area contributed by atoms with E-state index in [2.05, 4.69) is 5.32 Å². The molecule has 0 bridgehead atoms. The summed E-state index contributed by atoms with van der Waals surface area (Å²) in [6.07, 6.45) is 3.44. The molecule has 0 atom stereocenters. The number of benzene rings is 1. The smallest absolute Gasteiger partial charge is 0.222 e. The molecule has 1 aliphatic rings. The summed E-state index contributed by atoms with van der Waals surface area (Å²) < 4.78 is 5.73. The van der Waals surface area contributed by atoms with Gasteiger partial charge >= 0.3 is 0 Å². The fourth-order valence-electron chi connectivity index (χ4n) is 2.88. The van der Waals surface area contributed by atoms with Crippen molar-refractivity contribution in [2.24, 2.45) is 0 Å². The highest BCUT2D eigenvalue weighted by Crippen LogP contribution is 2.17. The number of aryl methyl sites for hydroxylation is 1. The quantitative estimate of drug-likeness (QED) is 0.781. The number of hydrogen-bond donors (Lipinski definition) is 1. The van der Waals surface area contributed by atoms with Gasteiger partial charge in [0.1, 0.15) is 5.75 Å². The Hall–Kier alpha value is -2.04. The highest BCUT2D eigenvalue weighted by Gasteiger charge is 2.23. The van der Waals surface area contributed by atoms with Crippen LogP contribution in [0.15, 0.2) is 24.3 Å². The van der Waals surface area contributed by atoms with Gasteiger partial charge in [-0.2, -0.15) is 0 Å². The maximum absolute atomic E-state index is 12.2. The van der Waals surface area contributed by atoms with Crippen molar-refractivity contribution in [3.8, 4) is 5.75 Å². The number of ether oxygens (including phenoxy) is 1. The summed E-state index contributed by atoms with van der Waals surface area (Å²) in [5.41, 5.74) is 1.11. The zero-order valence-corrected chi connectivity index (χ0v) is 14.7. The molecule has 1 saturated heterocycles. The van der Waals surface area contributed by atoms with E-state index in [4.69, 9.17) is 4.74 Å². The second-order valence-electron chi connectivity index (χ2n) is 6.29. The number of piperidine rings is 1. The number of carbonyl (C=O) groups is 2. The fourth-order valence-corrected chi connectivity index (χ4v) is 2.88. The average Bonchev–Trinajstić information content (AvgIpc) is 2.60. The standard InChI is InChI=1S/C19H28N2O3/c1-3-18(22)20-16-10-12-21(13-11-16)19(23)9-6-14-24-17-8-5-4-7-15(17)2/h4-5,7-8,16H,3,6,9-14H2,1-2H3,(H,20,22). The summed E-state index contributed by atoms with van der Waals surface area (Å²) in [4.78, 5) is 25.6. The summed E-state index contributed by atoms with van der Waals surface area (Å²) >= 11 is 0. The number of rotatable bonds is 7. The van der Waals surface area contributed by atoms with Gasteiger partial charge in [-0.3, -0.25) is 9.59 Å². The van der Waals surface area contributed by atoms with Crippen molar-refractivity contribution in [1.29, 1.82) is 0 Å². The molecule has 1 aromatic carbocycles. The van der Waals surface area contributed by atoms with Gasteiger partial charge in [-0.25, -0.2) is 0 Å². The van der Waals surface area contributed by atoms with Crippen LogP contribution in [-0.2, 0) is 9.59 Å². The molecule has 0 spiro atoms. The first-order valence-electron chi connectivity index (χ1n) is 8.85.